The van der Waals surface area contributed by atoms with Gasteiger partial charge >= 0.3 is 0 Å². The van der Waals surface area contributed by atoms with Crippen molar-refractivity contribution in [1.29, 1.82) is 0 Å². The maximum absolute atomic E-state index is 11.7. The van der Waals surface area contributed by atoms with E-state index in [-0.39, 0.29) is 5.91 Å². The van der Waals surface area contributed by atoms with Crippen LogP contribution < -0.4 is 10.5 Å². The molecule has 0 aliphatic carbocycles. The number of carbonyl (C=O) groups excluding carboxylic acids is 1. The maximum Gasteiger partial charge on any atom is 0.238 e. The van der Waals surface area contributed by atoms with Gasteiger partial charge in [0.25, 0.3) is 0 Å². The average molecular weight is 245 g/mol. The molecule has 0 spiro atoms. The number of hydrogen-bond donors (Lipinski definition) is 3. The van der Waals surface area contributed by atoms with E-state index < -0.39 is 11.4 Å². The molecule has 0 saturated carbocycles. The molecule has 17 heavy (non-hydrogen) atoms. The Morgan fingerprint density at radius 3 is 2.53 bits per heavy atom. The summed E-state index contributed by atoms with van der Waals surface area (Å²) in [6, 6.07) is 0.786. The van der Waals surface area contributed by atoms with E-state index in [9.17, 15) is 10.0 Å². The highest BCUT2D eigenvalue weighted by molar-refractivity contribution is 5.78. The summed E-state index contributed by atoms with van der Waals surface area (Å²) < 4.78 is 0. The molecule has 1 saturated heterocycles. The Balaban J connectivity index is 2.44. The molecule has 0 radical (unpaired) electrons. The van der Waals surface area contributed by atoms with E-state index in [2.05, 4.69) is 24.1 Å². The van der Waals surface area contributed by atoms with E-state index in [1.54, 1.807) is 0 Å². The standard InChI is InChI=1S/C11H23N3O3/c1-8-5-4-6-9(2)13(8)7-11(15)12-10(3)14(16)17/h8-10,14,16H,4-7H2,1-3H3,(H,12,15). The molecular formula is C11H23N3O3. The third-order valence-corrected chi connectivity index (χ3v) is 3.45. The Hall–Kier alpha value is -0.690. The lowest BCUT2D eigenvalue weighted by atomic mass is 9.97. The molecule has 0 aromatic carbocycles. The fourth-order valence-corrected chi connectivity index (χ4v) is 2.30. The van der Waals surface area contributed by atoms with Crippen LogP contribution in [0.2, 0.25) is 0 Å². The third kappa shape index (κ3) is 4.23. The molecule has 4 atom stereocenters. The smallest absolute Gasteiger partial charge is 0.238 e. The van der Waals surface area contributed by atoms with Crippen molar-refractivity contribution in [3.63, 3.8) is 0 Å². The molecule has 0 aromatic heterocycles. The monoisotopic (exact) mass is 245 g/mol. The zero-order valence-corrected chi connectivity index (χ0v) is 10.8. The van der Waals surface area contributed by atoms with E-state index in [1.807, 2.05) is 0 Å². The van der Waals surface area contributed by atoms with Gasteiger partial charge in [-0.3, -0.25) is 9.69 Å². The molecule has 0 aromatic rings. The molecule has 6 heteroatoms. The molecule has 1 aliphatic rings. The van der Waals surface area contributed by atoms with E-state index in [0.717, 1.165) is 12.8 Å². The molecule has 6 nitrogen and oxygen atoms in total. The number of hydrogen-bond acceptors (Lipinski definition) is 4. The van der Waals surface area contributed by atoms with Crippen LogP contribution in [0.15, 0.2) is 0 Å². The summed E-state index contributed by atoms with van der Waals surface area (Å²) in [6.07, 6.45) is 2.59. The van der Waals surface area contributed by atoms with Crippen molar-refractivity contribution in [1.82, 2.24) is 10.2 Å². The second-order valence-electron chi connectivity index (χ2n) is 4.93. The Bertz CT molecular complexity index is 250. The van der Waals surface area contributed by atoms with Gasteiger partial charge in [0.15, 0.2) is 6.17 Å². The number of nitrogens with one attached hydrogen (secondary N) is 2. The van der Waals surface area contributed by atoms with Gasteiger partial charge in [-0.2, -0.15) is 0 Å². The lowest BCUT2D eigenvalue weighted by Gasteiger charge is -2.38. The molecule has 1 heterocycles. The molecule has 4 unspecified atom stereocenters. The molecule has 1 amide bonds. The highest BCUT2D eigenvalue weighted by Crippen LogP contribution is 2.21. The number of quaternary nitrogens is 1. The highest BCUT2D eigenvalue weighted by Gasteiger charge is 2.26. The second kappa shape index (κ2) is 6.30. The van der Waals surface area contributed by atoms with Crippen molar-refractivity contribution in [2.75, 3.05) is 6.54 Å². The number of amides is 1. The first-order valence-electron chi connectivity index (χ1n) is 6.19. The minimum absolute atomic E-state index is 0.208. The first-order valence-corrected chi connectivity index (χ1v) is 6.19. The summed E-state index contributed by atoms with van der Waals surface area (Å²) >= 11 is 0. The quantitative estimate of drug-likeness (QED) is 0.460. The third-order valence-electron chi connectivity index (χ3n) is 3.45. The van der Waals surface area contributed by atoms with Gasteiger partial charge in [0.2, 0.25) is 5.91 Å². The van der Waals surface area contributed by atoms with E-state index in [4.69, 9.17) is 5.21 Å². The molecule has 1 fully saturated rings. The fraction of sp³-hybridized carbons (Fsp3) is 0.909. The van der Waals surface area contributed by atoms with Crippen LogP contribution in [0.5, 0.6) is 0 Å². The van der Waals surface area contributed by atoms with Crippen LogP contribution in [0, 0.1) is 5.21 Å². The van der Waals surface area contributed by atoms with Crippen LogP contribution in [-0.2, 0) is 4.79 Å². The van der Waals surface area contributed by atoms with Crippen LogP contribution in [0.3, 0.4) is 0 Å². The topological polar surface area (TPSA) is 80.1 Å². The van der Waals surface area contributed by atoms with Gasteiger partial charge in [0.1, 0.15) is 0 Å². The Morgan fingerprint density at radius 2 is 2.06 bits per heavy atom. The summed E-state index contributed by atoms with van der Waals surface area (Å²) in [5.41, 5.74) is 0. The minimum Gasteiger partial charge on any atom is -0.598 e. The summed E-state index contributed by atoms with van der Waals surface area (Å²) in [5.74, 6) is -0.208. The Morgan fingerprint density at radius 1 is 1.53 bits per heavy atom. The van der Waals surface area contributed by atoms with E-state index in [0.29, 0.717) is 18.6 Å². The molecule has 3 N–H and O–H groups in total. The number of piperidine rings is 1. The van der Waals surface area contributed by atoms with Crippen LogP contribution in [0.25, 0.3) is 0 Å². The van der Waals surface area contributed by atoms with Crippen LogP contribution >= 0.6 is 0 Å². The van der Waals surface area contributed by atoms with Gasteiger partial charge in [-0.15, -0.1) is 0 Å². The summed E-state index contributed by atoms with van der Waals surface area (Å²) in [6.45, 7) is 6.00. The van der Waals surface area contributed by atoms with Crippen molar-refractivity contribution < 1.29 is 15.2 Å². The van der Waals surface area contributed by atoms with Gasteiger partial charge in [-0.1, -0.05) is 6.42 Å². The lowest BCUT2D eigenvalue weighted by molar-refractivity contribution is -1.07. The highest BCUT2D eigenvalue weighted by atomic mass is 16.8. The number of rotatable bonds is 4. The second-order valence-corrected chi connectivity index (χ2v) is 4.93. The van der Waals surface area contributed by atoms with Gasteiger partial charge in [0.05, 0.1) is 6.54 Å². The molecule has 1 rings (SSSR count). The van der Waals surface area contributed by atoms with Crippen molar-refractivity contribution >= 4 is 5.91 Å². The van der Waals surface area contributed by atoms with Crippen molar-refractivity contribution in [3.8, 4) is 0 Å². The SMILES string of the molecule is CC1CCCC(C)N1CC(=O)NC(C)[NH+]([O-])O. The van der Waals surface area contributed by atoms with Gasteiger partial charge in [0, 0.05) is 19.0 Å². The fourth-order valence-electron chi connectivity index (χ4n) is 2.30. The molecule has 100 valence electrons. The normalized spacial score (nSPS) is 29.7. The maximum atomic E-state index is 11.7. The van der Waals surface area contributed by atoms with E-state index in [1.165, 1.54) is 13.3 Å². The molecule has 1 aliphatic heterocycles. The number of nitrogens with zero attached hydrogens (tertiary/aromatic N) is 1. The number of likely N-dealkylation sites (tertiary alicyclic amines) is 1. The van der Waals surface area contributed by atoms with Gasteiger partial charge in [-0.25, -0.2) is 10.4 Å². The first-order chi connectivity index (χ1) is 7.91. The largest absolute Gasteiger partial charge is 0.598 e. The van der Waals surface area contributed by atoms with Gasteiger partial charge in [-0.05, 0) is 26.7 Å². The van der Waals surface area contributed by atoms with Crippen molar-refractivity contribution in [2.45, 2.75) is 58.3 Å². The minimum atomic E-state index is -1.00. The summed E-state index contributed by atoms with van der Waals surface area (Å²) in [7, 11) is 0. The van der Waals surface area contributed by atoms with E-state index >= 15 is 0 Å². The predicted octanol–water partition coefficient (Wildman–Crippen LogP) is -0.517. The zero-order valence-electron chi connectivity index (χ0n) is 10.8. The summed E-state index contributed by atoms with van der Waals surface area (Å²) in [5, 5.41) is 20.8. The van der Waals surface area contributed by atoms with Crippen LogP contribution in [0.1, 0.15) is 40.0 Å². The van der Waals surface area contributed by atoms with Gasteiger partial charge < -0.3 is 10.5 Å². The van der Waals surface area contributed by atoms with Crippen LogP contribution in [-0.4, -0.2) is 40.8 Å². The average Bonchev–Trinajstić information content (AvgIpc) is 2.23. The van der Waals surface area contributed by atoms with Crippen molar-refractivity contribution in [3.05, 3.63) is 5.21 Å². The first kappa shape index (κ1) is 14.4. The molecule has 0 bridgehead atoms. The zero-order chi connectivity index (χ0) is 13.0. The number of carbonyl (C=O) groups is 1. The Kier molecular flexibility index (Phi) is 5.32. The lowest BCUT2D eigenvalue weighted by Crippen LogP contribution is -3.10. The van der Waals surface area contributed by atoms with Crippen LogP contribution in [0.4, 0.5) is 0 Å². The number of hydroxylamine groups is 2. The predicted molar refractivity (Wildman–Crippen MR) is 63.2 cm³/mol. The Labute approximate surface area is 102 Å². The summed E-state index contributed by atoms with van der Waals surface area (Å²) in [4.78, 5) is 13.8. The molecular weight excluding hydrogens is 222 g/mol. The van der Waals surface area contributed by atoms with Crippen molar-refractivity contribution in [2.24, 2.45) is 0 Å².